The van der Waals surface area contributed by atoms with E-state index < -0.39 is 0 Å². The van der Waals surface area contributed by atoms with Gasteiger partial charge in [-0.3, -0.25) is 0 Å². The molecule has 0 atom stereocenters. The normalized spacial score (nSPS) is 7.62. The van der Waals surface area contributed by atoms with Gasteiger partial charge in [0.2, 0.25) is 0 Å². The second-order valence-corrected chi connectivity index (χ2v) is 2.54. The van der Waals surface area contributed by atoms with E-state index in [2.05, 4.69) is 34.7 Å². The summed E-state index contributed by atoms with van der Waals surface area (Å²) in [6.07, 6.45) is 0. The van der Waals surface area contributed by atoms with Crippen molar-refractivity contribution in [2.24, 2.45) is 0 Å². The third-order valence-corrected chi connectivity index (χ3v) is 1.45. The molecule has 0 radical (unpaired) electrons. The van der Waals surface area contributed by atoms with Crippen molar-refractivity contribution in [1.82, 2.24) is 0 Å². The minimum atomic E-state index is 0. The topological polar surface area (TPSA) is 0 Å². The van der Waals surface area contributed by atoms with Gasteiger partial charge in [0.25, 0.3) is 0 Å². The Morgan fingerprint density at radius 1 is 1.00 bits per heavy atom. The Morgan fingerprint density at radius 3 is 1.75 bits per heavy atom. The van der Waals surface area contributed by atoms with Crippen LogP contribution < -0.4 is 0 Å². The van der Waals surface area contributed by atoms with E-state index in [0.717, 1.165) is 0 Å². The molecule has 0 spiro atoms. The zero-order valence-electron chi connectivity index (χ0n) is 3.76. The maximum atomic E-state index is 2.28. The summed E-state index contributed by atoms with van der Waals surface area (Å²) in [4.78, 5) is 0. The molecule has 0 nitrogen and oxygen atoms in total. The fourth-order valence-corrected chi connectivity index (χ4v) is 0.830. The zero-order chi connectivity index (χ0) is 5.11. The zero-order valence-corrected chi connectivity index (χ0v) is 5.92. The summed E-state index contributed by atoms with van der Waals surface area (Å²) in [6, 6.07) is 10.2. The Hall–Kier alpha value is 1.21. The van der Waals surface area contributed by atoms with Crippen LogP contribution in [0.3, 0.4) is 0 Å². The van der Waals surface area contributed by atoms with Crippen LogP contribution >= 0.6 is 22.6 Å². The van der Waals surface area contributed by atoms with Crippen molar-refractivity contribution in [3.05, 3.63) is 33.9 Å². The summed E-state index contributed by atoms with van der Waals surface area (Å²) in [5.74, 6) is 0. The number of hydrogen-bond acceptors (Lipinski definition) is 0. The van der Waals surface area contributed by atoms with Gasteiger partial charge in [0, 0.05) is 3.57 Å². The van der Waals surface area contributed by atoms with E-state index in [1.807, 2.05) is 18.2 Å². The van der Waals surface area contributed by atoms with Gasteiger partial charge in [-0.15, -0.1) is 0 Å². The van der Waals surface area contributed by atoms with E-state index in [1.165, 1.54) is 3.57 Å². The molecular weight excluding hydrogens is 239 g/mol. The van der Waals surface area contributed by atoms with Gasteiger partial charge in [-0.05, 0) is 34.7 Å². The molecule has 0 fully saturated rings. The molecule has 0 N–H and O–H groups in total. The van der Waals surface area contributed by atoms with Crippen molar-refractivity contribution >= 4 is 60.3 Å². The molecule has 0 unspecified atom stereocenters. The summed E-state index contributed by atoms with van der Waals surface area (Å²) in [5, 5.41) is 0. The monoisotopic (exact) mass is 246 g/mol. The van der Waals surface area contributed by atoms with Crippen molar-refractivity contribution in [3.63, 3.8) is 0 Å². The molecule has 1 aromatic carbocycles. The van der Waals surface area contributed by atoms with Gasteiger partial charge in [-0.2, -0.15) is 0 Å². The van der Waals surface area contributed by atoms with Crippen molar-refractivity contribution in [2.45, 2.75) is 0 Å². The fraction of sp³-hybridized carbons (Fsp3) is 0. The number of rotatable bonds is 0. The molecule has 0 aliphatic heterocycles. The van der Waals surface area contributed by atoms with Crippen LogP contribution in [0.4, 0.5) is 0 Å². The Bertz CT molecular complexity index is 138. The molecular formula is C6H7CaI. The standard InChI is InChI=1S/C6H5I.Ca.2H/c7-6-4-2-1-3-5-6;;;/h1-5H;;;. The van der Waals surface area contributed by atoms with Crippen LogP contribution in [0.15, 0.2) is 30.3 Å². The Kier molecular flexibility index (Phi) is 5.79. The first-order valence-electron chi connectivity index (χ1n) is 2.10. The SMILES string of the molecule is Ic1ccccc1.[CaH2]. The van der Waals surface area contributed by atoms with Crippen molar-refractivity contribution < 1.29 is 0 Å². The number of benzene rings is 1. The van der Waals surface area contributed by atoms with Gasteiger partial charge in [-0.25, -0.2) is 0 Å². The molecule has 0 bridgehead atoms. The number of hydrogen-bond donors (Lipinski definition) is 0. The molecule has 0 amide bonds. The molecule has 0 saturated heterocycles. The van der Waals surface area contributed by atoms with Crippen LogP contribution in [0.2, 0.25) is 0 Å². The average Bonchev–Trinajstić information content (AvgIpc) is 1.69. The van der Waals surface area contributed by atoms with E-state index in [9.17, 15) is 0 Å². The van der Waals surface area contributed by atoms with Crippen LogP contribution in [-0.2, 0) is 0 Å². The Balaban J connectivity index is 0.000000490. The Labute approximate surface area is 92.8 Å². The van der Waals surface area contributed by atoms with Gasteiger partial charge >= 0.3 is 37.7 Å². The predicted octanol–water partition coefficient (Wildman–Crippen LogP) is 1.37. The summed E-state index contributed by atoms with van der Waals surface area (Å²) in [5.41, 5.74) is 0. The molecule has 2 heteroatoms. The van der Waals surface area contributed by atoms with Crippen LogP contribution in [0.25, 0.3) is 0 Å². The van der Waals surface area contributed by atoms with Crippen LogP contribution in [0, 0.1) is 3.57 Å². The number of halogens is 1. The van der Waals surface area contributed by atoms with Crippen molar-refractivity contribution in [3.8, 4) is 0 Å². The molecule has 8 heavy (non-hydrogen) atoms. The quantitative estimate of drug-likeness (QED) is 0.479. The third kappa shape index (κ3) is 3.28. The van der Waals surface area contributed by atoms with Crippen LogP contribution in [0.5, 0.6) is 0 Å². The van der Waals surface area contributed by atoms with Gasteiger partial charge in [0.15, 0.2) is 0 Å². The summed E-state index contributed by atoms with van der Waals surface area (Å²) >= 11 is 2.28. The minimum absolute atomic E-state index is 0. The van der Waals surface area contributed by atoms with E-state index in [1.54, 1.807) is 0 Å². The van der Waals surface area contributed by atoms with Gasteiger partial charge in [0.1, 0.15) is 0 Å². The third-order valence-electron chi connectivity index (χ3n) is 0.733. The van der Waals surface area contributed by atoms with Gasteiger partial charge in [0.05, 0.1) is 0 Å². The Morgan fingerprint density at radius 2 is 1.50 bits per heavy atom. The molecule has 1 aromatic rings. The van der Waals surface area contributed by atoms with Crippen LogP contribution in [0.1, 0.15) is 0 Å². The molecule has 0 aromatic heterocycles. The van der Waals surface area contributed by atoms with Gasteiger partial charge < -0.3 is 0 Å². The first-order chi connectivity index (χ1) is 3.39. The van der Waals surface area contributed by atoms with Crippen molar-refractivity contribution in [2.75, 3.05) is 0 Å². The first-order valence-corrected chi connectivity index (χ1v) is 3.18. The van der Waals surface area contributed by atoms with E-state index in [-0.39, 0.29) is 37.7 Å². The maximum absolute atomic E-state index is 2.28. The summed E-state index contributed by atoms with van der Waals surface area (Å²) in [7, 11) is 0. The van der Waals surface area contributed by atoms with E-state index >= 15 is 0 Å². The first kappa shape index (κ1) is 9.21. The fourth-order valence-electron chi connectivity index (χ4n) is 0.415. The second kappa shape index (κ2) is 5.03. The molecule has 40 valence electrons. The van der Waals surface area contributed by atoms with Crippen LogP contribution in [-0.4, -0.2) is 37.7 Å². The second-order valence-electron chi connectivity index (χ2n) is 1.30. The molecule has 0 saturated carbocycles. The molecule has 0 aliphatic rings. The average molecular weight is 246 g/mol. The van der Waals surface area contributed by atoms with Gasteiger partial charge in [-0.1, -0.05) is 18.2 Å². The summed E-state index contributed by atoms with van der Waals surface area (Å²) in [6.45, 7) is 0. The van der Waals surface area contributed by atoms with E-state index in [0.29, 0.717) is 0 Å². The predicted molar refractivity (Wildman–Crippen MR) is 47.7 cm³/mol. The molecule has 0 heterocycles. The molecule has 0 aliphatic carbocycles. The van der Waals surface area contributed by atoms with E-state index in [4.69, 9.17) is 0 Å². The molecule has 1 rings (SSSR count). The summed E-state index contributed by atoms with van der Waals surface area (Å²) < 4.78 is 1.29. The van der Waals surface area contributed by atoms with Crippen molar-refractivity contribution in [1.29, 1.82) is 0 Å².